The van der Waals surface area contributed by atoms with Gasteiger partial charge in [-0.1, -0.05) is 30.3 Å². The van der Waals surface area contributed by atoms with Crippen LogP contribution in [0.1, 0.15) is 22.3 Å². The van der Waals surface area contributed by atoms with Crippen molar-refractivity contribution in [3.05, 3.63) is 82.3 Å². The van der Waals surface area contributed by atoms with Gasteiger partial charge in [0.25, 0.3) is 5.91 Å². The lowest BCUT2D eigenvalue weighted by Gasteiger charge is -2.28. The second kappa shape index (κ2) is 8.40. The Balaban J connectivity index is 1.54. The van der Waals surface area contributed by atoms with Gasteiger partial charge in [0.2, 0.25) is 5.91 Å². The average Bonchev–Trinajstić information content (AvgIpc) is 3.44. The first-order chi connectivity index (χ1) is 14.5. The van der Waals surface area contributed by atoms with Crippen LogP contribution in [0.15, 0.2) is 65.4 Å². The highest BCUT2D eigenvalue weighted by molar-refractivity contribution is 7.08. The molecule has 0 aliphatic carbocycles. The summed E-state index contributed by atoms with van der Waals surface area (Å²) in [6.07, 6.45) is 1.11. The molecule has 1 fully saturated rings. The number of amides is 2. The molecule has 1 atom stereocenters. The molecule has 0 bridgehead atoms. The third-order valence-electron chi connectivity index (χ3n) is 5.77. The highest BCUT2D eigenvalue weighted by Crippen LogP contribution is 2.36. The Morgan fingerprint density at radius 1 is 1.13 bits per heavy atom. The van der Waals surface area contributed by atoms with Crippen molar-refractivity contribution < 1.29 is 14.0 Å². The van der Waals surface area contributed by atoms with Crippen molar-refractivity contribution in [3.8, 4) is 11.1 Å². The monoisotopic (exact) mass is 422 g/mol. The van der Waals surface area contributed by atoms with Gasteiger partial charge in [-0.2, -0.15) is 11.3 Å². The van der Waals surface area contributed by atoms with Crippen LogP contribution in [0.2, 0.25) is 0 Å². The molecule has 2 amide bonds. The minimum atomic E-state index is -0.693. The molecular formula is C24H23FN2O2S. The molecule has 0 radical (unpaired) electrons. The summed E-state index contributed by atoms with van der Waals surface area (Å²) in [7, 11) is 1.63. The van der Waals surface area contributed by atoms with Crippen LogP contribution in [0.5, 0.6) is 0 Å². The summed E-state index contributed by atoms with van der Waals surface area (Å²) >= 11 is 1.66. The Hall–Kier alpha value is -2.99. The molecule has 1 aromatic heterocycles. The van der Waals surface area contributed by atoms with Gasteiger partial charge >= 0.3 is 0 Å². The summed E-state index contributed by atoms with van der Waals surface area (Å²) in [5.41, 5.74) is 2.99. The lowest BCUT2D eigenvalue weighted by atomic mass is 9.79. The summed E-state index contributed by atoms with van der Waals surface area (Å²) in [5.74, 6) is -0.754. The van der Waals surface area contributed by atoms with Crippen molar-refractivity contribution in [2.24, 2.45) is 5.41 Å². The molecule has 30 heavy (non-hydrogen) atoms. The molecule has 3 aromatic rings. The SMILES string of the molecule is CNC(=O)[C@]1(Cc2ccc(-c3ccsc3)cc2)CCN(C(=O)c2cccc(F)c2)C1. The van der Waals surface area contributed by atoms with Gasteiger partial charge in [-0.25, -0.2) is 4.39 Å². The van der Waals surface area contributed by atoms with Crippen molar-refractivity contribution in [1.29, 1.82) is 0 Å². The van der Waals surface area contributed by atoms with Crippen LogP contribution in [-0.4, -0.2) is 36.9 Å². The summed E-state index contributed by atoms with van der Waals surface area (Å²) in [6, 6.07) is 16.0. The average molecular weight is 423 g/mol. The number of rotatable bonds is 5. The highest BCUT2D eigenvalue weighted by Gasteiger charge is 2.45. The fraction of sp³-hybridized carbons (Fsp3) is 0.250. The molecule has 1 N–H and O–H groups in total. The van der Waals surface area contributed by atoms with Crippen molar-refractivity contribution in [3.63, 3.8) is 0 Å². The number of carbonyl (C=O) groups excluding carboxylic acids is 2. The van der Waals surface area contributed by atoms with E-state index in [1.54, 1.807) is 29.4 Å². The van der Waals surface area contributed by atoms with Gasteiger partial charge in [0, 0.05) is 25.7 Å². The summed E-state index contributed by atoms with van der Waals surface area (Å²) in [6.45, 7) is 0.782. The predicted molar refractivity (Wildman–Crippen MR) is 117 cm³/mol. The standard InChI is InChI=1S/C24H23FN2O2S/c1-26-23(29)24(14-17-5-7-18(8-6-17)20-9-12-30-15-20)10-11-27(16-24)22(28)19-3-2-4-21(25)13-19/h2-9,12-13,15H,10-11,14,16H2,1H3,(H,26,29)/t24-/m0/s1. The first-order valence-corrected chi connectivity index (χ1v) is 10.8. The Labute approximate surface area is 179 Å². The topological polar surface area (TPSA) is 49.4 Å². The second-order valence-electron chi connectivity index (χ2n) is 7.73. The van der Waals surface area contributed by atoms with Gasteiger partial charge in [-0.3, -0.25) is 9.59 Å². The van der Waals surface area contributed by atoms with Crippen LogP contribution in [0, 0.1) is 11.2 Å². The van der Waals surface area contributed by atoms with Crippen LogP contribution >= 0.6 is 11.3 Å². The van der Waals surface area contributed by atoms with Gasteiger partial charge in [0.1, 0.15) is 5.82 Å². The minimum Gasteiger partial charge on any atom is -0.359 e. The predicted octanol–water partition coefficient (Wildman–Crippen LogP) is 4.38. The van der Waals surface area contributed by atoms with Crippen LogP contribution in [-0.2, 0) is 11.2 Å². The van der Waals surface area contributed by atoms with Crippen LogP contribution in [0.25, 0.3) is 11.1 Å². The molecule has 2 aromatic carbocycles. The van der Waals surface area contributed by atoms with E-state index in [-0.39, 0.29) is 11.8 Å². The maximum atomic E-state index is 13.5. The number of nitrogens with zero attached hydrogens (tertiary/aromatic N) is 1. The number of nitrogens with one attached hydrogen (secondary N) is 1. The molecule has 4 rings (SSSR count). The van der Waals surface area contributed by atoms with Crippen molar-refractivity contribution >= 4 is 23.2 Å². The molecule has 6 heteroatoms. The first kappa shape index (κ1) is 20.3. The number of carbonyl (C=O) groups is 2. The van der Waals surface area contributed by atoms with Gasteiger partial charge < -0.3 is 10.2 Å². The number of hydrogen-bond acceptors (Lipinski definition) is 3. The van der Waals surface area contributed by atoms with E-state index in [0.717, 1.165) is 11.1 Å². The van der Waals surface area contributed by atoms with Crippen LogP contribution in [0.4, 0.5) is 4.39 Å². The van der Waals surface area contributed by atoms with E-state index in [1.165, 1.54) is 23.8 Å². The van der Waals surface area contributed by atoms with Gasteiger partial charge in [-0.05, 0) is 64.6 Å². The Morgan fingerprint density at radius 3 is 2.60 bits per heavy atom. The number of likely N-dealkylation sites (tertiary alicyclic amines) is 1. The minimum absolute atomic E-state index is 0.0704. The van der Waals surface area contributed by atoms with Crippen molar-refractivity contribution in [2.75, 3.05) is 20.1 Å². The van der Waals surface area contributed by atoms with Gasteiger partial charge in [-0.15, -0.1) is 0 Å². The number of benzene rings is 2. The third kappa shape index (κ3) is 4.00. The van der Waals surface area contributed by atoms with Crippen LogP contribution in [0.3, 0.4) is 0 Å². The zero-order valence-electron chi connectivity index (χ0n) is 16.7. The van der Waals surface area contributed by atoms with Crippen molar-refractivity contribution in [2.45, 2.75) is 12.8 Å². The van der Waals surface area contributed by atoms with E-state index in [0.29, 0.717) is 31.5 Å². The molecule has 0 saturated carbocycles. The summed E-state index contributed by atoms with van der Waals surface area (Å²) < 4.78 is 13.5. The molecule has 4 nitrogen and oxygen atoms in total. The molecule has 0 unspecified atom stereocenters. The summed E-state index contributed by atoms with van der Waals surface area (Å²) in [4.78, 5) is 27.4. The molecule has 2 heterocycles. The Kier molecular flexibility index (Phi) is 5.68. The van der Waals surface area contributed by atoms with Gasteiger partial charge in [0.05, 0.1) is 5.41 Å². The quantitative estimate of drug-likeness (QED) is 0.664. The smallest absolute Gasteiger partial charge is 0.253 e. The van der Waals surface area contributed by atoms with Gasteiger partial charge in [0.15, 0.2) is 0 Å². The summed E-state index contributed by atoms with van der Waals surface area (Å²) in [5, 5.41) is 6.93. The zero-order chi connectivity index (χ0) is 21.1. The van der Waals surface area contributed by atoms with E-state index >= 15 is 0 Å². The Morgan fingerprint density at radius 2 is 1.93 bits per heavy atom. The highest BCUT2D eigenvalue weighted by atomic mass is 32.1. The normalized spacial score (nSPS) is 18.4. The number of hydrogen-bond donors (Lipinski definition) is 1. The number of halogens is 1. The number of thiophene rings is 1. The molecule has 1 aliphatic rings. The third-order valence-corrected chi connectivity index (χ3v) is 6.46. The molecule has 154 valence electrons. The van der Waals surface area contributed by atoms with Crippen molar-refractivity contribution in [1.82, 2.24) is 10.2 Å². The zero-order valence-corrected chi connectivity index (χ0v) is 17.5. The second-order valence-corrected chi connectivity index (χ2v) is 8.51. The molecule has 1 aliphatic heterocycles. The lowest BCUT2D eigenvalue weighted by Crippen LogP contribution is -2.44. The maximum Gasteiger partial charge on any atom is 0.253 e. The van der Waals surface area contributed by atoms with Crippen LogP contribution < -0.4 is 5.32 Å². The van der Waals surface area contributed by atoms with E-state index in [9.17, 15) is 14.0 Å². The fourth-order valence-corrected chi connectivity index (χ4v) is 4.82. The molecule has 0 spiro atoms. The van der Waals surface area contributed by atoms with E-state index in [4.69, 9.17) is 0 Å². The maximum absolute atomic E-state index is 13.5. The first-order valence-electron chi connectivity index (χ1n) is 9.89. The Bertz CT molecular complexity index is 1050. The molecule has 1 saturated heterocycles. The van der Waals surface area contributed by atoms with E-state index < -0.39 is 11.2 Å². The molecular weight excluding hydrogens is 399 g/mol. The van der Waals surface area contributed by atoms with E-state index in [1.807, 2.05) is 5.38 Å². The largest absolute Gasteiger partial charge is 0.359 e. The lowest BCUT2D eigenvalue weighted by molar-refractivity contribution is -0.129. The fourth-order valence-electron chi connectivity index (χ4n) is 4.16. The van der Waals surface area contributed by atoms with E-state index in [2.05, 4.69) is 41.0 Å².